The van der Waals surface area contributed by atoms with Crippen molar-refractivity contribution in [1.82, 2.24) is 10.6 Å². The molecule has 0 aliphatic rings. The Morgan fingerprint density at radius 3 is 2.48 bits per heavy atom. The number of rotatable bonds is 6. The molecular formula is C17H19ClN2O3. The lowest BCUT2D eigenvalue weighted by Gasteiger charge is -2.11. The van der Waals surface area contributed by atoms with E-state index in [0.29, 0.717) is 23.9 Å². The van der Waals surface area contributed by atoms with Crippen LogP contribution in [0.1, 0.15) is 16.7 Å². The van der Waals surface area contributed by atoms with Gasteiger partial charge >= 0.3 is 6.03 Å². The largest absolute Gasteiger partial charge is 0.495 e. The number of nitrogens with one attached hydrogen (secondary N) is 2. The molecule has 0 saturated heterocycles. The summed E-state index contributed by atoms with van der Waals surface area (Å²) in [5, 5.41) is 15.3. The maximum Gasteiger partial charge on any atom is 0.315 e. The molecule has 2 aromatic rings. The number of carbonyl (C=O) groups excluding carboxylic acids is 1. The van der Waals surface area contributed by atoms with Crippen molar-refractivity contribution in [3.05, 3.63) is 64.2 Å². The van der Waals surface area contributed by atoms with Crippen LogP contribution in [0, 0.1) is 0 Å². The number of benzene rings is 2. The van der Waals surface area contributed by atoms with Gasteiger partial charge in [-0.25, -0.2) is 4.79 Å². The Balaban J connectivity index is 1.84. The molecule has 0 spiro atoms. The second-order valence-electron chi connectivity index (χ2n) is 4.93. The van der Waals surface area contributed by atoms with Crippen LogP contribution in [0.5, 0.6) is 5.75 Å². The van der Waals surface area contributed by atoms with E-state index in [1.807, 2.05) is 30.3 Å². The molecule has 23 heavy (non-hydrogen) atoms. The van der Waals surface area contributed by atoms with E-state index in [1.54, 1.807) is 19.2 Å². The zero-order chi connectivity index (χ0) is 16.7. The molecule has 5 nitrogen and oxygen atoms in total. The fourth-order valence-corrected chi connectivity index (χ4v) is 2.40. The second-order valence-corrected chi connectivity index (χ2v) is 5.34. The molecule has 122 valence electrons. The quantitative estimate of drug-likeness (QED) is 0.760. The number of halogens is 1. The molecule has 0 atom stereocenters. The first kappa shape index (κ1) is 17.1. The molecule has 6 heteroatoms. The molecule has 2 amide bonds. The third kappa shape index (κ3) is 4.87. The summed E-state index contributed by atoms with van der Waals surface area (Å²) >= 11 is 6.04. The van der Waals surface area contributed by atoms with Crippen molar-refractivity contribution < 1.29 is 14.6 Å². The molecule has 0 bridgehead atoms. The number of hydrogen-bond donors (Lipinski definition) is 3. The van der Waals surface area contributed by atoms with Gasteiger partial charge in [0.1, 0.15) is 5.75 Å². The number of ether oxygens (including phenoxy) is 1. The maximum absolute atomic E-state index is 11.9. The van der Waals surface area contributed by atoms with Crippen molar-refractivity contribution in [2.75, 3.05) is 7.11 Å². The monoisotopic (exact) mass is 334 g/mol. The fraction of sp³-hybridized carbons (Fsp3) is 0.235. The zero-order valence-electron chi connectivity index (χ0n) is 12.8. The van der Waals surface area contributed by atoms with Crippen LogP contribution in [0.2, 0.25) is 5.02 Å². The van der Waals surface area contributed by atoms with Crippen molar-refractivity contribution >= 4 is 17.6 Å². The fourth-order valence-electron chi connectivity index (χ4n) is 2.12. The highest BCUT2D eigenvalue weighted by atomic mass is 35.5. The van der Waals surface area contributed by atoms with E-state index in [9.17, 15) is 9.90 Å². The lowest BCUT2D eigenvalue weighted by Crippen LogP contribution is -2.34. The molecule has 0 fully saturated rings. The minimum atomic E-state index is -0.287. The van der Waals surface area contributed by atoms with E-state index in [0.717, 1.165) is 16.7 Å². The van der Waals surface area contributed by atoms with Gasteiger partial charge in [-0.15, -0.1) is 0 Å². The van der Waals surface area contributed by atoms with Crippen molar-refractivity contribution in [3.63, 3.8) is 0 Å². The number of urea groups is 1. The predicted molar refractivity (Wildman–Crippen MR) is 89.4 cm³/mol. The standard InChI is InChI=1S/C17H19ClN2O3/c1-23-16-7-6-12(8-15(16)18)9-19-17(22)20-10-13-4-2-3-5-14(13)11-21/h2-8,21H,9-11H2,1H3,(H2,19,20,22). The van der Waals surface area contributed by atoms with Crippen molar-refractivity contribution in [2.24, 2.45) is 0 Å². The van der Waals surface area contributed by atoms with Crippen molar-refractivity contribution in [1.29, 1.82) is 0 Å². The Morgan fingerprint density at radius 1 is 1.13 bits per heavy atom. The van der Waals surface area contributed by atoms with Gasteiger partial charge < -0.3 is 20.5 Å². The first-order chi connectivity index (χ1) is 11.1. The van der Waals surface area contributed by atoms with E-state index in [2.05, 4.69) is 10.6 Å². The number of carbonyl (C=O) groups is 1. The molecule has 0 unspecified atom stereocenters. The number of hydrogen-bond acceptors (Lipinski definition) is 3. The van der Waals surface area contributed by atoms with Gasteiger partial charge in [-0.05, 0) is 28.8 Å². The van der Waals surface area contributed by atoms with Crippen molar-refractivity contribution in [2.45, 2.75) is 19.7 Å². The summed E-state index contributed by atoms with van der Waals surface area (Å²) in [6.45, 7) is 0.660. The molecule has 0 radical (unpaired) electrons. The van der Waals surface area contributed by atoms with Crippen LogP contribution in [0.25, 0.3) is 0 Å². The van der Waals surface area contributed by atoms with Crippen LogP contribution in [0.3, 0.4) is 0 Å². The maximum atomic E-state index is 11.9. The third-order valence-corrected chi connectivity index (χ3v) is 3.69. The van der Waals surface area contributed by atoms with E-state index in [4.69, 9.17) is 16.3 Å². The van der Waals surface area contributed by atoms with E-state index in [1.165, 1.54) is 0 Å². The van der Waals surface area contributed by atoms with Gasteiger partial charge in [-0.1, -0.05) is 41.9 Å². The molecule has 0 aliphatic heterocycles. The lowest BCUT2D eigenvalue weighted by molar-refractivity contribution is 0.239. The van der Waals surface area contributed by atoms with E-state index < -0.39 is 0 Å². The van der Waals surface area contributed by atoms with Gasteiger partial charge in [0, 0.05) is 13.1 Å². The molecule has 3 N–H and O–H groups in total. The van der Waals surface area contributed by atoms with E-state index in [-0.39, 0.29) is 12.6 Å². The minimum absolute atomic E-state index is 0.0518. The Labute approximate surface area is 140 Å². The molecule has 0 aliphatic carbocycles. The number of aliphatic hydroxyl groups is 1. The molecule has 2 aromatic carbocycles. The van der Waals surface area contributed by atoms with Crippen LogP contribution in [0.15, 0.2) is 42.5 Å². The summed E-state index contributed by atoms with van der Waals surface area (Å²) in [5.74, 6) is 0.598. The van der Waals surface area contributed by atoms with Crippen LogP contribution < -0.4 is 15.4 Å². The van der Waals surface area contributed by atoms with Crippen LogP contribution >= 0.6 is 11.6 Å². The highest BCUT2D eigenvalue weighted by molar-refractivity contribution is 6.32. The van der Waals surface area contributed by atoms with Crippen LogP contribution in [-0.4, -0.2) is 18.2 Å². The van der Waals surface area contributed by atoms with Gasteiger partial charge in [-0.2, -0.15) is 0 Å². The minimum Gasteiger partial charge on any atom is -0.495 e. The average Bonchev–Trinajstić information content (AvgIpc) is 2.58. The number of methoxy groups -OCH3 is 1. The third-order valence-electron chi connectivity index (χ3n) is 3.40. The Morgan fingerprint density at radius 2 is 1.83 bits per heavy atom. The number of amides is 2. The van der Waals surface area contributed by atoms with Gasteiger partial charge in [-0.3, -0.25) is 0 Å². The highest BCUT2D eigenvalue weighted by Crippen LogP contribution is 2.24. The average molecular weight is 335 g/mol. The summed E-state index contributed by atoms with van der Waals surface area (Å²) in [5.41, 5.74) is 2.56. The highest BCUT2D eigenvalue weighted by Gasteiger charge is 2.05. The Hall–Kier alpha value is -2.24. The molecule has 0 saturated carbocycles. The SMILES string of the molecule is COc1ccc(CNC(=O)NCc2ccccc2CO)cc1Cl. The van der Waals surface area contributed by atoms with Crippen LogP contribution in [0.4, 0.5) is 4.79 Å². The summed E-state index contributed by atoms with van der Waals surface area (Å²) in [6, 6.07) is 12.5. The molecule has 0 aromatic heterocycles. The Bertz CT molecular complexity index is 677. The lowest BCUT2D eigenvalue weighted by atomic mass is 10.1. The topological polar surface area (TPSA) is 70.6 Å². The Kier molecular flexibility index (Phi) is 6.26. The van der Waals surface area contributed by atoms with Crippen molar-refractivity contribution in [3.8, 4) is 5.75 Å². The van der Waals surface area contributed by atoms with Gasteiger partial charge in [0.15, 0.2) is 0 Å². The van der Waals surface area contributed by atoms with E-state index >= 15 is 0 Å². The van der Waals surface area contributed by atoms with Gasteiger partial charge in [0.05, 0.1) is 18.7 Å². The zero-order valence-corrected chi connectivity index (χ0v) is 13.6. The second kappa shape index (κ2) is 8.41. The summed E-state index contributed by atoms with van der Waals surface area (Å²) in [7, 11) is 1.55. The molecule has 2 rings (SSSR count). The predicted octanol–water partition coefficient (Wildman–Crippen LogP) is 2.84. The van der Waals surface area contributed by atoms with Crippen LogP contribution in [-0.2, 0) is 19.7 Å². The molecule has 0 heterocycles. The first-order valence-corrected chi connectivity index (χ1v) is 7.53. The number of aliphatic hydroxyl groups excluding tert-OH is 1. The smallest absolute Gasteiger partial charge is 0.315 e. The summed E-state index contributed by atoms with van der Waals surface area (Å²) in [6.07, 6.45) is 0. The molecular weight excluding hydrogens is 316 g/mol. The van der Waals surface area contributed by atoms with Gasteiger partial charge in [0.2, 0.25) is 0 Å². The van der Waals surface area contributed by atoms with Gasteiger partial charge in [0.25, 0.3) is 0 Å². The first-order valence-electron chi connectivity index (χ1n) is 7.15. The normalized spacial score (nSPS) is 10.2. The summed E-state index contributed by atoms with van der Waals surface area (Å²) < 4.78 is 5.08. The summed E-state index contributed by atoms with van der Waals surface area (Å²) in [4.78, 5) is 11.9.